The minimum absolute atomic E-state index is 0. The van der Waals surface area contributed by atoms with Crippen LogP contribution in [-0.4, -0.2) is 29.9 Å². The molecule has 0 atom stereocenters. The van der Waals surface area contributed by atoms with E-state index < -0.39 is 0 Å². The van der Waals surface area contributed by atoms with E-state index in [1.807, 2.05) is 31.2 Å². The minimum atomic E-state index is 0. The fraction of sp³-hybridized carbons (Fsp3) is 0.263. The Kier molecular flexibility index (Phi) is 19.6. The molecule has 0 spiro atoms. The van der Waals surface area contributed by atoms with Gasteiger partial charge < -0.3 is 23.3 Å². The molecular weight excluding hydrogens is 655 g/mol. The molecule has 0 aromatic heterocycles. The molecule has 0 aliphatic carbocycles. The van der Waals surface area contributed by atoms with Crippen molar-refractivity contribution < 1.29 is 20.0 Å². The van der Waals surface area contributed by atoms with Crippen LogP contribution in [0.15, 0.2) is 52.7 Å². The normalized spacial score (nSPS) is 10.9. The third-order valence-electron chi connectivity index (χ3n) is 3.12. The zero-order valence-electron chi connectivity index (χ0n) is 16.1. The molecule has 2 rings (SSSR count). The van der Waals surface area contributed by atoms with E-state index in [2.05, 4.69) is 63.1 Å². The van der Waals surface area contributed by atoms with Gasteiger partial charge in [0.25, 0.3) is 0 Å². The first-order valence-corrected chi connectivity index (χ1v) is 11.9. The molecule has 0 amide bonds. The zero-order valence-corrected chi connectivity index (χ0v) is 22.2. The first-order chi connectivity index (χ1) is 13.3. The van der Waals surface area contributed by atoms with E-state index in [1.54, 1.807) is 32.1 Å². The van der Waals surface area contributed by atoms with Crippen molar-refractivity contribution in [2.24, 2.45) is 15.9 Å². The van der Waals surface area contributed by atoms with E-state index in [9.17, 15) is 0 Å². The Morgan fingerprint density at radius 1 is 1.14 bits per heavy atom. The van der Waals surface area contributed by atoms with Crippen molar-refractivity contribution in [1.82, 2.24) is 4.90 Å². The molecule has 2 aromatic carbocycles. The molecule has 166 valence electrons. The Morgan fingerprint density at radius 3 is 2.24 bits per heavy atom. The molecule has 0 heterocycles. The predicted octanol–water partition coefficient (Wildman–Crippen LogP) is 5.63. The number of hydrogen-bond donors (Lipinski definition) is 1. The van der Waals surface area contributed by atoms with E-state index in [0.717, 1.165) is 17.8 Å². The van der Waals surface area contributed by atoms with Gasteiger partial charge in [0.15, 0.2) is 0 Å². The summed E-state index contributed by atoms with van der Waals surface area (Å²) in [4.78, 5) is 2.13. The molecule has 4 nitrogen and oxygen atoms in total. The molecule has 0 bridgehead atoms. The van der Waals surface area contributed by atoms with E-state index in [1.165, 1.54) is 5.56 Å². The Balaban J connectivity index is 0. The van der Waals surface area contributed by atoms with Crippen molar-refractivity contribution in [3.05, 3.63) is 69.7 Å². The van der Waals surface area contributed by atoms with Gasteiger partial charge in [0, 0.05) is 6.54 Å². The van der Waals surface area contributed by atoms with Gasteiger partial charge in [-0.05, 0) is 43.4 Å². The van der Waals surface area contributed by atoms with Crippen LogP contribution in [0.4, 0.5) is 0 Å². The van der Waals surface area contributed by atoms with Gasteiger partial charge in [0.05, 0.1) is 15.8 Å². The molecule has 10 heteroatoms. The molecule has 29 heavy (non-hydrogen) atoms. The number of nitrogens with two attached hydrogens (primary N) is 1. The van der Waals surface area contributed by atoms with Gasteiger partial charge in [0.1, 0.15) is 0 Å². The summed E-state index contributed by atoms with van der Waals surface area (Å²) in [5, 5.41) is 8.60. The molecule has 0 fully saturated rings. The maximum atomic E-state index is 5.91. The Morgan fingerprint density at radius 2 is 1.79 bits per heavy atom. The third-order valence-corrected chi connectivity index (χ3v) is 3.94. The van der Waals surface area contributed by atoms with Crippen LogP contribution in [0.5, 0.6) is 0 Å². The van der Waals surface area contributed by atoms with Crippen molar-refractivity contribution in [2.45, 2.75) is 19.9 Å². The second kappa shape index (κ2) is 18.4. The van der Waals surface area contributed by atoms with Gasteiger partial charge in [-0.2, -0.15) is 40.5 Å². The summed E-state index contributed by atoms with van der Waals surface area (Å²) in [6.45, 7) is 2.93. The average Bonchev–Trinajstić information content (AvgIpc) is 2.67. The van der Waals surface area contributed by atoms with Gasteiger partial charge in [0.2, 0.25) is 0 Å². The van der Waals surface area contributed by atoms with Crippen LogP contribution in [-0.2, 0) is 39.2 Å². The Labute approximate surface area is 211 Å². The van der Waals surface area contributed by atoms with Crippen molar-refractivity contribution >= 4 is 68.3 Å². The summed E-state index contributed by atoms with van der Waals surface area (Å²) in [6, 6.07) is 16.5. The summed E-state index contributed by atoms with van der Waals surface area (Å²) in [6.07, 6.45) is 0.698. The number of halogens is 4. The standard InChI is InChI=1S/C10H11Cl2N3S.C9H12N.Au.2ClH/c1-2-9(14-15-10(13)16)6-3-4-7(11)8(12)5-6;1-10(2)8-9-6-4-3-5-7-9;;;/h3-5H,2H2,1H3,(H3,13,15,16);3-6H,8H2,1-2H3;;2*1H/q;-1;+1;;/p-2/b14-9+;;;;. The fourth-order valence-corrected chi connectivity index (χ4v) is 2.33. The number of hydrogen-bond acceptors (Lipinski definition) is 4. The Bertz CT molecular complexity index is 755. The molecular formula is C19H23AuCl4N4S-2. The topological polar surface area (TPSA) is 54.0 Å². The number of nitrogens with zero attached hydrogens (tertiary/aromatic N) is 3. The molecule has 0 unspecified atom stereocenters. The fourth-order valence-electron chi connectivity index (χ4n) is 1.99. The summed E-state index contributed by atoms with van der Waals surface area (Å²) in [5.74, 6) is 0. The van der Waals surface area contributed by atoms with Crippen molar-refractivity contribution in [1.29, 1.82) is 0 Å². The third kappa shape index (κ3) is 14.3. The second-order valence-corrected chi connectivity index (χ2v) is 6.83. The van der Waals surface area contributed by atoms with Crippen LogP contribution in [0.1, 0.15) is 24.5 Å². The van der Waals surface area contributed by atoms with Crippen LogP contribution in [0.3, 0.4) is 0 Å². The Hall–Kier alpha value is -0.340. The maximum absolute atomic E-state index is 5.91. The van der Waals surface area contributed by atoms with E-state index in [0.29, 0.717) is 16.5 Å². The molecule has 0 radical (unpaired) electrons. The van der Waals surface area contributed by atoms with Gasteiger partial charge in [-0.15, -0.1) is 18.0 Å². The first kappa shape index (κ1) is 30.9. The van der Waals surface area contributed by atoms with Crippen LogP contribution in [0, 0.1) is 6.07 Å². The summed E-state index contributed by atoms with van der Waals surface area (Å²) < 4.78 is 0. The molecule has 0 saturated carbocycles. The van der Waals surface area contributed by atoms with Gasteiger partial charge in [-0.1, -0.05) is 36.2 Å². The second-order valence-electron chi connectivity index (χ2n) is 5.59. The number of benzene rings is 2. The van der Waals surface area contributed by atoms with Crippen LogP contribution in [0.2, 0.25) is 10.0 Å². The first-order valence-electron chi connectivity index (χ1n) is 8.07. The quantitative estimate of drug-likeness (QED) is 0.112. The summed E-state index contributed by atoms with van der Waals surface area (Å²) in [7, 11) is 8.70. The monoisotopic (exact) mass is 676 g/mol. The van der Waals surface area contributed by atoms with E-state index in [-0.39, 0.29) is 17.6 Å². The number of rotatable bonds is 5. The average molecular weight is 678 g/mol. The van der Waals surface area contributed by atoms with Crippen LogP contribution in [0.25, 0.3) is 0 Å². The molecule has 2 N–H and O–H groups in total. The van der Waals surface area contributed by atoms with Crippen molar-refractivity contribution in [3.63, 3.8) is 0 Å². The summed E-state index contributed by atoms with van der Waals surface area (Å²) >= 11 is 18.1. The molecule has 0 aliphatic rings. The SMILES string of the molecule is CC/C(=N\N=C(\N)[S-])c1ccc(Cl)c(Cl)c1.CN(C)Cc1[c-]cccc1.Cl.[Cl][Au]. The zero-order chi connectivity index (χ0) is 21.5. The van der Waals surface area contributed by atoms with Gasteiger partial charge in [-0.3, -0.25) is 0 Å². The van der Waals surface area contributed by atoms with E-state index >= 15 is 0 Å². The number of amidine groups is 1. The molecule has 0 saturated heterocycles. The van der Waals surface area contributed by atoms with Crippen molar-refractivity contribution in [2.75, 3.05) is 14.1 Å². The van der Waals surface area contributed by atoms with Gasteiger partial charge >= 0.3 is 29.2 Å². The van der Waals surface area contributed by atoms with Crippen molar-refractivity contribution in [3.8, 4) is 0 Å². The predicted molar refractivity (Wildman–Crippen MR) is 128 cm³/mol. The molecule has 0 aliphatic heterocycles. The van der Waals surface area contributed by atoms with Crippen LogP contribution >= 0.6 is 44.8 Å². The van der Waals surface area contributed by atoms with Crippen LogP contribution < -0.4 is 5.73 Å². The summed E-state index contributed by atoms with van der Waals surface area (Å²) in [5.41, 5.74) is 8.10. The van der Waals surface area contributed by atoms with Gasteiger partial charge in [-0.25, -0.2) is 0 Å². The molecule has 2 aromatic rings. The van der Waals surface area contributed by atoms with E-state index in [4.69, 9.17) is 28.9 Å².